The smallest absolute Gasteiger partial charge is 0.251 e. The Labute approximate surface area is 126 Å². The van der Waals surface area contributed by atoms with Gasteiger partial charge in [0.25, 0.3) is 5.91 Å². The van der Waals surface area contributed by atoms with Gasteiger partial charge in [0.05, 0.1) is 10.0 Å². The molecule has 0 atom stereocenters. The third-order valence-corrected chi connectivity index (χ3v) is 3.53. The molecule has 0 saturated carbocycles. The molecule has 2 aromatic rings. The van der Waals surface area contributed by atoms with Crippen LogP contribution in [0, 0.1) is 0 Å². The summed E-state index contributed by atoms with van der Waals surface area (Å²) >= 11 is 17.5. The van der Waals surface area contributed by atoms with Crippen molar-refractivity contribution in [1.29, 1.82) is 0 Å². The number of carbonyl (C=O) groups is 1. The first-order chi connectivity index (χ1) is 9.06. The van der Waals surface area contributed by atoms with E-state index in [0.717, 1.165) is 5.56 Å². The molecule has 0 bridgehead atoms. The number of rotatable bonds is 3. The molecular weight excluding hydrogens is 305 g/mol. The Hall–Kier alpha value is -1.22. The molecule has 0 aliphatic carbocycles. The van der Waals surface area contributed by atoms with Crippen molar-refractivity contribution in [3.05, 3.63) is 68.7 Å². The molecule has 98 valence electrons. The van der Waals surface area contributed by atoms with Crippen LogP contribution in [0.1, 0.15) is 15.9 Å². The second-order valence-electron chi connectivity index (χ2n) is 3.94. The first-order valence-electron chi connectivity index (χ1n) is 5.54. The molecule has 0 heterocycles. The second kappa shape index (κ2) is 6.29. The third-order valence-electron chi connectivity index (χ3n) is 2.54. The molecule has 0 saturated heterocycles. The van der Waals surface area contributed by atoms with Crippen LogP contribution in [-0.4, -0.2) is 5.91 Å². The molecule has 0 fully saturated rings. The lowest BCUT2D eigenvalue weighted by Crippen LogP contribution is -2.22. The Morgan fingerprint density at radius 3 is 2.26 bits per heavy atom. The maximum atomic E-state index is 11.9. The minimum Gasteiger partial charge on any atom is -0.348 e. The van der Waals surface area contributed by atoms with Crippen LogP contribution >= 0.6 is 34.8 Å². The fourth-order valence-corrected chi connectivity index (χ4v) is 1.98. The highest BCUT2D eigenvalue weighted by Crippen LogP contribution is 2.22. The summed E-state index contributed by atoms with van der Waals surface area (Å²) in [6.07, 6.45) is 0. The highest BCUT2D eigenvalue weighted by atomic mass is 35.5. The summed E-state index contributed by atoms with van der Waals surface area (Å²) in [5, 5.41) is 4.36. The summed E-state index contributed by atoms with van der Waals surface area (Å²) in [6, 6.07) is 11.9. The van der Waals surface area contributed by atoms with Gasteiger partial charge in [-0.25, -0.2) is 0 Å². The highest BCUT2D eigenvalue weighted by molar-refractivity contribution is 6.42. The van der Waals surface area contributed by atoms with Crippen LogP contribution in [0.3, 0.4) is 0 Å². The number of hydrogen-bond acceptors (Lipinski definition) is 1. The fourth-order valence-electron chi connectivity index (χ4n) is 1.54. The van der Waals surface area contributed by atoms with Gasteiger partial charge in [0, 0.05) is 17.1 Å². The van der Waals surface area contributed by atoms with Crippen LogP contribution in [0.5, 0.6) is 0 Å². The van der Waals surface area contributed by atoms with E-state index in [-0.39, 0.29) is 5.91 Å². The van der Waals surface area contributed by atoms with Gasteiger partial charge in [-0.3, -0.25) is 4.79 Å². The molecule has 19 heavy (non-hydrogen) atoms. The van der Waals surface area contributed by atoms with Crippen molar-refractivity contribution < 1.29 is 4.79 Å². The Bertz CT molecular complexity index is 596. The summed E-state index contributed by atoms with van der Waals surface area (Å²) in [7, 11) is 0. The molecule has 0 aromatic heterocycles. The third kappa shape index (κ3) is 3.87. The maximum Gasteiger partial charge on any atom is 0.251 e. The van der Waals surface area contributed by atoms with Gasteiger partial charge in [0.1, 0.15) is 0 Å². The SMILES string of the molecule is O=C(NCc1ccc(Cl)c(Cl)c1)c1ccc(Cl)cc1. The molecule has 2 rings (SSSR count). The van der Waals surface area contributed by atoms with E-state index in [1.807, 2.05) is 6.07 Å². The van der Waals surface area contributed by atoms with Gasteiger partial charge in [-0.15, -0.1) is 0 Å². The molecule has 0 aliphatic rings. The molecule has 2 nitrogen and oxygen atoms in total. The van der Waals surface area contributed by atoms with E-state index in [1.54, 1.807) is 36.4 Å². The van der Waals surface area contributed by atoms with Gasteiger partial charge >= 0.3 is 0 Å². The summed E-state index contributed by atoms with van der Waals surface area (Å²) in [5.74, 6) is -0.164. The van der Waals surface area contributed by atoms with E-state index >= 15 is 0 Å². The van der Waals surface area contributed by atoms with E-state index in [1.165, 1.54) is 0 Å². The van der Waals surface area contributed by atoms with Crippen molar-refractivity contribution in [1.82, 2.24) is 5.32 Å². The molecule has 0 radical (unpaired) electrons. The van der Waals surface area contributed by atoms with Crippen molar-refractivity contribution in [2.45, 2.75) is 6.54 Å². The zero-order valence-corrected chi connectivity index (χ0v) is 12.1. The van der Waals surface area contributed by atoms with Crippen molar-refractivity contribution in [3.8, 4) is 0 Å². The van der Waals surface area contributed by atoms with Gasteiger partial charge in [-0.05, 0) is 42.0 Å². The molecule has 2 aromatic carbocycles. The lowest BCUT2D eigenvalue weighted by Gasteiger charge is -2.06. The Kier molecular flexibility index (Phi) is 4.70. The number of benzene rings is 2. The minimum atomic E-state index is -0.164. The normalized spacial score (nSPS) is 10.3. The fraction of sp³-hybridized carbons (Fsp3) is 0.0714. The standard InChI is InChI=1S/C14H10Cl3NO/c15-11-4-2-10(3-5-11)14(19)18-8-9-1-6-12(16)13(17)7-9/h1-7H,8H2,(H,18,19). The van der Waals surface area contributed by atoms with E-state index < -0.39 is 0 Å². The number of amides is 1. The maximum absolute atomic E-state index is 11.9. The highest BCUT2D eigenvalue weighted by Gasteiger charge is 2.05. The van der Waals surface area contributed by atoms with E-state index in [0.29, 0.717) is 27.2 Å². The summed E-state index contributed by atoms with van der Waals surface area (Å²) in [4.78, 5) is 11.9. The van der Waals surface area contributed by atoms with Crippen LogP contribution < -0.4 is 5.32 Å². The van der Waals surface area contributed by atoms with Crippen LogP contribution in [0.4, 0.5) is 0 Å². The van der Waals surface area contributed by atoms with Crippen LogP contribution in [0.2, 0.25) is 15.1 Å². The van der Waals surface area contributed by atoms with Gasteiger partial charge in [-0.1, -0.05) is 40.9 Å². The zero-order chi connectivity index (χ0) is 13.8. The summed E-state index contributed by atoms with van der Waals surface area (Å²) < 4.78 is 0. The van der Waals surface area contributed by atoms with E-state index in [2.05, 4.69) is 5.32 Å². The molecule has 0 spiro atoms. The van der Waals surface area contributed by atoms with Crippen LogP contribution in [0.25, 0.3) is 0 Å². The zero-order valence-electron chi connectivity index (χ0n) is 9.79. The monoisotopic (exact) mass is 313 g/mol. The van der Waals surface area contributed by atoms with E-state index in [4.69, 9.17) is 34.8 Å². The van der Waals surface area contributed by atoms with Gasteiger partial charge < -0.3 is 5.32 Å². The molecular formula is C14H10Cl3NO. The predicted octanol–water partition coefficient (Wildman–Crippen LogP) is 4.58. The van der Waals surface area contributed by atoms with E-state index in [9.17, 15) is 4.79 Å². The van der Waals surface area contributed by atoms with Gasteiger partial charge in [0.15, 0.2) is 0 Å². The van der Waals surface area contributed by atoms with Crippen molar-refractivity contribution in [2.75, 3.05) is 0 Å². The predicted molar refractivity (Wildman–Crippen MR) is 79.1 cm³/mol. The number of halogens is 3. The van der Waals surface area contributed by atoms with Crippen molar-refractivity contribution >= 4 is 40.7 Å². The van der Waals surface area contributed by atoms with Crippen molar-refractivity contribution in [3.63, 3.8) is 0 Å². The van der Waals surface area contributed by atoms with Gasteiger partial charge in [-0.2, -0.15) is 0 Å². The molecule has 0 unspecified atom stereocenters. The van der Waals surface area contributed by atoms with Gasteiger partial charge in [0.2, 0.25) is 0 Å². The topological polar surface area (TPSA) is 29.1 Å². The first kappa shape index (κ1) is 14.2. The Balaban J connectivity index is 2.00. The molecule has 5 heteroatoms. The van der Waals surface area contributed by atoms with Crippen LogP contribution in [-0.2, 0) is 6.54 Å². The molecule has 1 N–H and O–H groups in total. The lowest BCUT2D eigenvalue weighted by molar-refractivity contribution is 0.0951. The Morgan fingerprint density at radius 2 is 1.63 bits per heavy atom. The van der Waals surface area contributed by atoms with Crippen LogP contribution in [0.15, 0.2) is 42.5 Å². The summed E-state index contributed by atoms with van der Waals surface area (Å²) in [5.41, 5.74) is 1.45. The average molecular weight is 315 g/mol. The summed E-state index contributed by atoms with van der Waals surface area (Å²) in [6.45, 7) is 0.387. The number of hydrogen-bond donors (Lipinski definition) is 1. The quantitative estimate of drug-likeness (QED) is 0.883. The molecule has 0 aliphatic heterocycles. The average Bonchev–Trinajstić information content (AvgIpc) is 2.40. The Morgan fingerprint density at radius 1 is 0.947 bits per heavy atom. The largest absolute Gasteiger partial charge is 0.348 e. The molecule has 1 amide bonds. The number of nitrogens with one attached hydrogen (secondary N) is 1. The minimum absolute atomic E-state index is 0.164. The first-order valence-corrected chi connectivity index (χ1v) is 6.67. The lowest BCUT2D eigenvalue weighted by atomic mass is 10.2. The second-order valence-corrected chi connectivity index (χ2v) is 5.19. The van der Waals surface area contributed by atoms with Crippen molar-refractivity contribution in [2.24, 2.45) is 0 Å². The number of carbonyl (C=O) groups excluding carboxylic acids is 1.